The van der Waals surface area contributed by atoms with Gasteiger partial charge in [0.15, 0.2) is 5.54 Å². The van der Waals surface area contributed by atoms with Gasteiger partial charge in [-0.05, 0) is 49.1 Å². The zero-order chi connectivity index (χ0) is 22.7. The molecule has 6 rings (SSSR count). The molecule has 3 heterocycles. The van der Waals surface area contributed by atoms with Crippen LogP contribution in [0.25, 0.3) is 10.9 Å². The van der Waals surface area contributed by atoms with Crippen molar-refractivity contribution in [1.82, 2.24) is 14.8 Å². The van der Waals surface area contributed by atoms with Crippen LogP contribution in [-0.4, -0.2) is 52.8 Å². The maximum absolute atomic E-state index is 14.1. The number of hydrogen-bond acceptors (Lipinski definition) is 3. The van der Waals surface area contributed by atoms with Crippen LogP contribution in [0.3, 0.4) is 0 Å². The summed E-state index contributed by atoms with van der Waals surface area (Å²) in [5.41, 5.74) is 3.08. The number of nitrogens with zero attached hydrogens (tertiary/aromatic N) is 2. The molecule has 1 saturated carbocycles. The second-order valence-corrected chi connectivity index (χ2v) is 9.73. The second kappa shape index (κ2) is 7.37. The number of carbonyl (C=O) groups excluding carboxylic acids is 2. The van der Waals surface area contributed by atoms with Crippen molar-refractivity contribution in [3.63, 3.8) is 0 Å². The maximum atomic E-state index is 14.1. The number of rotatable bonds is 3. The minimum Gasteiger partial charge on any atom is -0.497 e. The third-order valence-electron chi connectivity index (χ3n) is 8.05. The summed E-state index contributed by atoms with van der Waals surface area (Å²) in [5.74, 6) is 0.863. The van der Waals surface area contributed by atoms with Gasteiger partial charge in [0, 0.05) is 29.4 Å². The Kier molecular flexibility index (Phi) is 4.54. The molecule has 0 radical (unpaired) electrons. The van der Waals surface area contributed by atoms with Gasteiger partial charge in [-0.3, -0.25) is 9.59 Å². The fourth-order valence-corrected chi connectivity index (χ4v) is 6.28. The molecule has 0 unspecified atom stereocenters. The standard InChI is InChI=1S/C27H29N3O3/c1-27-25-24(20-9-5-6-10-22(20)28-25)21(17-11-13-19(33-2)14-12-17)15-30(27)23(31)16-29(26(27)32)18-7-3-4-8-18/h5-6,9-14,18,21,28H,3-4,7-8,15-16H2,1-2H3/t21-,27-/m0/s1. The maximum Gasteiger partial charge on any atom is 0.255 e. The van der Waals surface area contributed by atoms with Gasteiger partial charge in [-0.1, -0.05) is 43.2 Å². The predicted octanol–water partition coefficient (Wildman–Crippen LogP) is 4.15. The summed E-state index contributed by atoms with van der Waals surface area (Å²) in [5, 5.41) is 1.12. The molecule has 3 aromatic rings. The van der Waals surface area contributed by atoms with E-state index in [1.54, 1.807) is 7.11 Å². The fraction of sp³-hybridized carbons (Fsp3) is 0.407. The van der Waals surface area contributed by atoms with E-state index in [1.165, 1.54) is 0 Å². The molecule has 6 heteroatoms. The first-order chi connectivity index (χ1) is 16.0. The summed E-state index contributed by atoms with van der Waals surface area (Å²) in [4.78, 5) is 34.9. The Morgan fingerprint density at radius 1 is 1.03 bits per heavy atom. The SMILES string of the molecule is COc1ccc([C@@H]2CN3C(=O)CN(C4CCCC4)C(=O)[C@]3(C)c3[nH]c4ccccc4c32)cc1. The van der Waals surface area contributed by atoms with Gasteiger partial charge in [0.1, 0.15) is 12.3 Å². The third-order valence-corrected chi connectivity index (χ3v) is 8.05. The third kappa shape index (κ3) is 2.86. The molecular weight excluding hydrogens is 414 g/mol. The van der Waals surface area contributed by atoms with E-state index < -0.39 is 5.54 Å². The Bertz CT molecular complexity index is 1240. The number of nitrogens with one attached hydrogen (secondary N) is 1. The molecule has 0 bridgehead atoms. The van der Waals surface area contributed by atoms with Gasteiger partial charge < -0.3 is 19.5 Å². The highest BCUT2D eigenvalue weighted by Crippen LogP contribution is 2.48. The van der Waals surface area contributed by atoms with Crippen molar-refractivity contribution in [2.45, 2.75) is 50.1 Å². The molecule has 6 nitrogen and oxygen atoms in total. The number of fused-ring (bicyclic) bond motifs is 5. The number of aromatic amines is 1. The Hall–Kier alpha value is -3.28. The van der Waals surface area contributed by atoms with Crippen LogP contribution in [0.4, 0.5) is 0 Å². The quantitative estimate of drug-likeness (QED) is 0.661. The van der Waals surface area contributed by atoms with E-state index in [9.17, 15) is 9.59 Å². The molecule has 1 N–H and O–H groups in total. The summed E-state index contributed by atoms with van der Waals surface area (Å²) in [7, 11) is 1.66. The summed E-state index contributed by atoms with van der Waals surface area (Å²) < 4.78 is 5.35. The molecule has 2 amide bonds. The van der Waals surface area contributed by atoms with Gasteiger partial charge in [0.05, 0.1) is 12.8 Å². The van der Waals surface area contributed by atoms with Gasteiger partial charge >= 0.3 is 0 Å². The summed E-state index contributed by atoms with van der Waals surface area (Å²) in [6, 6.07) is 16.4. The zero-order valence-corrected chi connectivity index (χ0v) is 19.1. The van der Waals surface area contributed by atoms with Gasteiger partial charge in [-0.25, -0.2) is 0 Å². The van der Waals surface area contributed by atoms with E-state index in [2.05, 4.69) is 29.2 Å². The van der Waals surface area contributed by atoms with Crippen LogP contribution < -0.4 is 4.74 Å². The number of ether oxygens (including phenoxy) is 1. The van der Waals surface area contributed by atoms with Crippen LogP contribution in [0.15, 0.2) is 48.5 Å². The molecule has 2 atom stereocenters. The molecule has 1 saturated heterocycles. The van der Waals surface area contributed by atoms with E-state index in [-0.39, 0.29) is 30.3 Å². The average Bonchev–Trinajstić information content (AvgIpc) is 3.51. The van der Waals surface area contributed by atoms with Crippen LogP contribution >= 0.6 is 0 Å². The Morgan fingerprint density at radius 3 is 2.48 bits per heavy atom. The van der Waals surface area contributed by atoms with Gasteiger partial charge in [0.2, 0.25) is 5.91 Å². The van der Waals surface area contributed by atoms with Gasteiger partial charge in [-0.2, -0.15) is 0 Å². The minimum absolute atomic E-state index is 0.0232. The number of aromatic nitrogens is 1. The van der Waals surface area contributed by atoms with Crippen molar-refractivity contribution in [2.75, 3.05) is 20.2 Å². The van der Waals surface area contributed by atoms with E-state index in [4.69, 9.17) is 4.74 Å². The number of amides is 2. The van der Waals surface area contributed by atoms with Crippen LogP contribution in [0.1, 0.15) is 55.3 Å². The lowest BCUT2D eigenvalue weighted by molar-refractivity contribution is -0.168. The molecule has 2 fully saturated rings. The van der Waals surface area contributed by atoms with Crippen molar-refractivity contribution in [3.05, 3.63) is 65.4 Å². The first-order valence-corrected chi connectivity index (χ1v) is 11.9. The molecular formula is C27H29N3O3. The van der Waals surface area contributed by atoms with Crippen molar-refractivity contribution < 1.29 is 14.3 Å². The van der Waals surface area contributed by atoms with Gasteiger partial charge in [-0.15, -0.1) is 0 Å². The number of hydrogen-bond donors (Lipinski definition) is 1. The van der Waals surface area contributed by atoms with Crippen LogP contribution in [0, 0.1) is 0 Å². The number of carbonyl (C=O) groups is 2. The number of H-pyrrole nitrogens is 1. The summed E-state index contributed by atoms with van der Waals surface area (Å²) in [6.07, 6.45) is 4.23. The van der Waals surface area contributed by atoms with Crippen LogP contribution in [-0.2, 0) is 15.1 Å². The molecule has 2 aromatic carbocycles. The predicted molar refractivity (Wildman–Crippen MR) is 126 cm³/mol. The second-order valence-electron chi connectivity index (χ2n) is 9.73. The van der Waals surface area contributed by atoms with Gasteiger partial charge in [0.25, 0.3) is 5.91 Å². The Morgan fingerprint density at radius 2 is 1.76 bits per heavy atom. The molecule has 0 spiro atoms. The average molecular weight is 444 g/mol. The largest absolute Gasteiger partial charge is 0.497 e. The lowest BCUT2D eigenvalue weighted by Crippen LogP contribution is -2.68. The van der Waals surface area contributed by atoms with Crippen molar-refractivity contribution in [2.24, 2.45) is 0 Å². The van der Waals surface area contributed by atoms with E-state index >= 15 is 0 Å². The van der Waals surface area contributed by atoms with Crippen molar-refractivity contribution in [1.29, 1.82) is 0 Å². The highest BCUT2D eigenvalue weighted by atomic mass is 16.5. The number of para-hydroxylation sites is 1. The number of methoxy groups -OCH3 is 1. The topological polar surface area (TPSA) is 65.6 Å². The lowest BCUT2D eigenvalue weighted by atomic mass is 9.76. The lowest BCUT2D eigenvalue weighted by Gasteiger charge is -2.52. The fourth-order valence-electron chi connectivity index (χ4n) is 6.28. The highest BCUT2D eigenvalue weighted by molar-refractivity contribution is 6.01. The normalized spacial score (nSPS) is 25.5. The first-order valence-electron chi connectivity index (χ1n) is 11.9. The number of piperazine rings is 1. The highest BCUT2D eigenvalue weighted by Gasteiger charge is 2.57. The smallest absolute Gasteiger partial charge is 0.255 e. The molecule has 33 heavy (non-hydrogen) atoms. The number of benzene rings is 2. The molecule has 1 aromatic heterocycles. The summed E-state index contributed by atoms with van der Waals surface area (Å²) >= 11 is 0. The molecule has 2 aliphatic heterocycles. The van der Waals surface area contributed by atoms with Crippen LogP contribution in [0.5, 0.6) is 5.75 Å². The van der Waals surface area contributed by atoms with E-state index in [0.717, 1.165) is 59.2 Å². The Labute approximate surface area is 193 Å². The minimum atomic E-state index is -1.02. The Balaban J connectivity index is 1.54. The van der Waals surface area contributed by atoms with E-state index in [0.29, 0.717) is 6.54 Å². The molecule has 3 aliphatic rings. The van der Waals surface area contributed by atoms with Crippen molar-refractivity contribution in [3.8, 4) is 5.75 Å². The van der Waals surface area contributed by atoms with Crippen molar-refractivity contribution >= 4 is 22.7 Å². The van der Waals surface area contributed by atoms with Crippen LogP contribution in [0.2, 0.25) is 0 Å². The first kappa shape index (κ1) is 20.3. The molecule has 170 valence electrons. The zero-order valence-electron chi connectivity index (χ0n) is 19.1. The monoisotopic (exact) mass is 443 g/mol. The molecule has 1 aliphatic carbocycles. The van der Waals surface area contributed by atoms with E-state index in [1.807, 2.05) is 41.0 Å². The summed E-state index contributed by atoms with van der Waals surface area (Å²) in [6.45, 7) is 2.61.